The molecule has 0 saturated carbocycles. The van der Waals surface area contributed by atoms with E-state index in [2.05, 4.69) is 40.2 Å². The first-order chi connectivity index (χ1) is 9.60. The van der Waals surface area contributed by atoms with Crippen molar-refractivity contribution in [2.45, 2.75) is 27.2 Å². The minimum atomic E-state index is 0.299. The number of ether oxygens (including phenoxy) is 1. The van der Waals surface area contributed by atoms with Gasteiger partial charge in [-0.1, -0.05) is 13.8 Å². The van der Waals surface area contributed by atoms with Crippen molar-refractivity contribution in [1.82, 2.24) is 15.0 Å². The van der Waals surface area contributed by atoms with Gasteiger partial charge in [0.1, 0.15) is 0 Å². The fourth-order valence-electron chi connectivity index (χ4n) is 1.69. The average molecular weight is 278 g/mol. The molecule has 110 valence electrons. The van der Waals surface area contributed by atoms with E-state index in [0.29, 0.717) is 43.4 Å². The Morgan fingerprint density at radius 1 is 1.35 bits per heavy atom. The Hall–Kier alpha value is -2.10. The zero-order valence-corrected chi connectivity index (χ0v) is 12.6. The second kappa shape index (κ2) is 8.15. The van der Waals surface area contributed by atoms with Gasteiger partial charge in [0.25, 0.3) is 0 Å². The van der Waals surface area contributed by atoms with Gasteiger partial charge in [0.05, 0.1) is 19.1 Å². The van der Waals surface area contributed by atoms with E-state index in [1.807, 2.05) is 11.8 Å². The van der Waals surface area contributed by atoms with Crippen molar-refractivity contribution in [1.29, 1.82) is 5.26 Å². The van der Waals surface area contributed by atoms with E-state index in [1.54, 1.807) is 7.05 Å². The van der Waals surface area contributed by atoms with Gasteiger partial charge < -0.3 is 15.0 Å². The molecule has 1 heterocycles. The first-order valence-electron chi connectivity index (χ1n) is 6.79. The van der Waals surface area contributed by atoms with Crippen molar-refractivity contribution < 1.29 is 4.74 Å². The Morgan fingerprint density at radius 3 is 2.65 bits per heavy atom. The molecule has 0 bridgehead atoms. The lowest BCUT2D eigenvalue weighted by molar-refractivity contribution is 0.312. The molecular formula is C13H22N6O. The molecule has 1 aromatic rings. The molecule has 0 saturated heterocycles. The molecule has 0 fully saturated rings. The van der Waals surface area contributed by atoms with Crippen LogP contribution in [0.2, 0.25) is 0 Å². The van der Waals surface area contributed by atoms with Crippen molar-refractivity contribution in [3.8, 4) is 12.1 Å². The number of aromatic nitrogens is 3. The first kappa shape index (κ1) is 16.0. The van der Waals surface area contributed by atoms with Gasteiger partial charge >= 0.3 is 6.01 Å². The summed E-state index contributed by atoms with van der Waals surface area (Å²) in [7, 11) is 1.75. The minimum Gasteiger partial charge on any atom is -0.464 e. The van der Waals surface area contributed by atoms with Gasteiger partial charge in [-0.2, -0.15) is 20.2 Å². The molecule has 7 heteroatoms. The van der Waals surface area contributed by atoms with Gasteiger partial charge in [-0.3, -0.25) is 0 Å². The van der Waals surface area contributed by atoms with E-state index in [0.717, 1.165) is 6.54 Å². The van der Waals surface area contributed by atoms with Gasteiger partial charge in [-0.05, 0) is 12.8 Å². The fraction of sp³-hybridized carbons (Fsp3) is 0.692. The van der Waals surface area contributed by atoms with Crippen molar-refractivity contribution in [2.75, 3.05) is 37.0 Å². The van der Waals surface area contributed by atoms with Gasteiger partial charge in [-0.25, -0.2) is 0 Å². The van der Waals surface area contributed by atoms with Crippen molar-refractivity contribution >= 4 is 11.9 Å². The maximum absolute atomic E-state index is 8.77. The highest BCUT2D eigenvalue weighted by atomic mass is 16.5. The van der Waals surface area contributed by atoms with Crippen molar-refractivity contribution in [3.05, 3.63) is 0 Å². The molecule has 0 aliphatic heterocycles. The maximum Gasteiger partial charge on any atom is 0.323 e. The molecule has 1 N–H and O–H groups in total. The third-order valence-corrected chi connectivity index (χ3v) is 2.46. The summed E-state index contributed by atoms with van der Waals surface area (Å²) in [5.41, 5.74) is 0. The topological polar surface area (TPSA) is 87.0 Å². The molecule has 0 spiro atoms. The van der Waals surface area contributed by atoms with E-state index in [9.17, 15) is 0 Å². The number of nitrogens with one attached hydrogen (secondary N) is 1. The normalized spacial score (nSPS) is 10.2. The van der Waals surface area contributed by atoms with Crippen LogP contribution in [0.1, 0.15) is 27.2 Å². The van der Waals surface area contributed by atoms with Crippen molar-refractivity contribution in [2.24, 2.45) is 5.92 Å². The Balaban J connectivity index is 3.03. The van der Waals surface area contributed by atoms with Gasteiger partial charge in [0.2, 0.25) is 11.9 Å². The molecule has 0 aliphatic rings. The lowest BCUT2D eigenvalue weighted by Gasteiger charge is -2.23. The summed E-state index contributed by atoms with van der Waals surface area (Å²) >= 11 is 0. The fourth-order valence-corrected chi connectivity index (χ4v) is 1.69. The van der Waals surface area contributed by atoms with Crippen molar-refractivity contribution in [3.63, 3.8) is 0 Å². The minimum absolute atomic E-state index is 0.299. The molecule has 7 nitrogen and oxygen atoms in total. The van der Waals surface area contributed by atoms with Crippen LogP contribution in [-0.2, 0) is 0 Å². The maximum atomic E-state index is 8.77. The molecule has 0 radical (unpaired) electrons. The van der Waals surface area contributed by atoms with E-state index < -0.39 is 0 Å². The van der Waals surface area contributed by atoms with Crippen LogP contribution in [0.4, 0.5) is 11.9 Å². The molecule has 0 unspecified atom stereocenters. The molecular weight excluding hydrogens is 256 g/mol. The molecule has 0 aromatic carbocycles. The van der Waals surface area contributed by atoms with E-state index >= 15 is 0 Å². The summed E-state index contributed by atoms with van der Waals surface area (Å²) in [6.07, 6.45) is 0.428. The largest absolute Gasteiger partial charge is 0.464 e. The zero-order chi connectivity index (χ0) is 15.0. The quantitative estimate of drug-likeness (QED) is 0.774. The molecule has 0 aliphatic carbocycles. The third kappa shape index (κ3) is 4.88. The summed E-state index contributed by atoms with van der Waals surface area (Å²) in [4.78, 5) is 14.8. The number of nitrogens with zero attached hydrogens (tertiary/aromatic N) is 5. The van der Waals surface area contributed by atoms with Crippen LogP contribution in [0.25, 0.3) is 0 Å². The lowest BCUT2D eigenvalue weighted by atomic mass is 10.2. The summed E-state index contributed by atoms with van der Waals surface area (Å²) in [6, 6.07) is 2.45. The SMILES string of the molecule is CCOc1nc(NC)nc(N(CCC#N)CC(C)C)n1. The monoisotopic (exact) mass is 278 g/mol. The molecule has 0 amide bonds. The first-order valence-corrected chi connectivity index (χ1v) is 6.79. The Labute approximate surface area is 120 Å². The predicted octanol–water partition coefficient (Wildman–Crippen LogP) is 1.69. The summed E-state index contributed by atoms with van der Waals surface area (Å²) in [5, 5.41) is 11.7. The van der Waals surface area contributed by atoms with Gasteiger partial charge in [0, 0.05) is 20.1 Å². The number of rotatable bonds is 8. The summed E-state index contributed by atoms with van der Waals surface area (Å²) in [5.74, 6) is 1.44. The number of hydrogen-bond acceptors (Lipinski definition) is 7. The molecule has 1 aromatic heterocycles. The van der Waals surface area contributed by atoms with E-state index in [1.165, 1.54) is 0 Å². The highest BCUT2D eigenvalue weighted by Crippen LogP contribution is 2.16. The van der Waals surface area contributed by atoms with Crippen LogP contribution in [0.5, 0.6) is 6.01 Å². The van der Waals surface area contributed by atoms with Crippen LogP contribution < -0.4 is 15.0 Å². The van der Waals surface area contributed by atoms with E-state index in [-0.39, 0.29) is 0 Å². The average Bonchev–Trinajstić information content (AvgIpc) is 2.43. The standard InChI is InChI=1S/C13H22N6O/c1-5-20-13-17-11(15-4)16-12(18-13)19(8-6-7-14)9-10(2)3/h10H,5-6,8-9H2,1-4H3,(H,15,16,17,18). The smallest absolute Gasteiger partial charge is 0.323 e. The van der Waals surface area contributed by atoms with Gasteiger partial charge in [0.15, 0.2) is 0 Å². The second-order valence-corrected chi connectivity index (χ2v) is 4.67. The second-order valence-electron chi connectivity index (χ2n) is 4.67. The Bertz CT molecular complexity index is 457. The van der Waals surface area contributed by atoms with Crippen LogP contribution >= 0.6 is 0 Å². The molecule has 20 heavy (non-hydrogen) atoms. The third-order valence-electron chi connectivity index (χ3n) is 2.46. The number of hydrogen-bond donors (Lipinski definition) is 1. The Morgan fingerprint density at radius 2 is 2.10 bits per heavy atom. The Kier molecular flexibility index (Phi) is 6.50. The van der Waals surface area contributed by atoms with Crippen LogP contribution in [0.3, 0.4) is 0 Å². The summed E-state index contributed by atoms with van der Waals surface area (Å²) in [6.45, 7) is 7.97. The summed E-state index contributed by atoms with van der Waals surface area (Å²) < 4.78 is 5.35. The predicted molar refractivity (Wildman–Crippen MR) is 77.8 cm³/mol. The molecule has 0 atom stereocenters. The highest BCUT2D eigenvalue weighted by Gasteiger charge is 2.15. The zero-order valence-electron chi connectivity index (χ0n) is 12.6. The molecule has 1 rings (SSSR count). The van der Waals surface area contributed by atoms with Crippen LogP contribution in [0.15, 0.2) is 0 Å². The lowest BCUT2D eigenvalue weighted by Crippen LogP contribution is -2.30. The van der Waals surface area contributed by atoms with E-state index in [4.69, 9.17) is 10.00 Å². The van der Waals surface area contributed by atoms with Crippen LogP contribution in [-0.4, -0.2) is 41.7 Å². The highest BCUT2D eigenvalue weighted by molar-refractivity contribution is 5.38. The number of nitriles is 1. The van der Waals surface area contributed by atoms with Crippen LogP contribution in [0, 0.1) is 17.2 Å². The number of anilines is 2. The van der Waals surface area contributed by atoms with Gasteiger partial charge in [-0.15, -0.1) is 0 Å².